The normalized spacial score (nSPS) is 10.9. The van der Waals surface area contributed by atoms with E-state index in [1.54, 1.807) is 0 Å². The Morgan fingerprint density at radius 1 is 1.25 bits per heavy atom. The molecule has 0 heterocycles. The molecule has 0 unspecified atom stereocenters. The average molecular weight is 230 g/mol. The van der Waals surface area contributed by atoms with Gasteiger partial charge in [-0.25, -0.2) is 0 Å². The van der Waals surface area contributed by atoms with Gasteiger partial charge in [0.25, 0.3) is 0 Å². The monoisotopic (exact) mass is 230 g/mol. The Balaban J connectivity index is 2.52. The summed E-state index contributed by atoms with van der Waals surface area (Å²) in [6.07, 6.45) is -4.97. The average Bonchev–Trinajstić information content (AvgIpc) is 2.25. The number of ketones is 1. The fourth-order valence-electron chi connectivity index (χ4n) is 0.936. The second-order valence-electron chi connectivity index (χ2n) is 2.89. The summed E-state index contributed by atoms with van der Waals surface area (Å²) in [5, 5.41) is 1.50. The molecule has 1 rings (SSSR count). The number of carbonyl (C=O) groups excluding carboxylic acids is 2. The van der Waals surface area contributed by atoms with Gasteiger partial charge in [-0.05, 0) is 6.07 Å². The fourth-order valence-corrected chi connectivity index (χ4v) is 0.936. The molecule has 0 aromatic heterocycles. The van der Waals surface area contributed by atoms with Crippen molar-refractivity contribution in [1.29, 1.82) is 0 Å². The molecule has 0 fully saturated rings. The van der Waals surface area contributed by atoms with E-state index in [1.807, 2.05) is 0 Å². The summed E-state index contributed by atoms with van der Waals surface area (Å²) in [4.78, 5) is 21.7. The molecule has 1 N–H and O–H groups in total. The van der Waals surface area contributed by atoms with Crippen LogP contribution in [0.5, 0.6) is 0 Å². The van der Waals surface area contributed by atoms with E-state index < -0.39 is 24.4 Å². The summed E-state index contributed by atoms with van der Waals surface area (Å²) in [6.45, 7) is -0.678. The molecule has 1 amide bonds. The largest absolute Gasteiger partial charge is 0.471 e. The first-order valence-electron chi connectivity index (χ1n) is 4.25. The Bertz CT molecular complexity index is 387. The second kappa shape index (κ2) is 4.78. The van der Waals surface area contributed by atoms with Crippen molar-refractivity contribution in [2.45, 2.75) is 6.18 Å². The highest BCUT2D eigenvalue weighted by Crippen LogP contribution is 2.13. The van der Waals surface area contributed by atoms with Crippen LogP contribution in [-0.2, 0) is 4.79 Å². The van der Waals surface area contributed by atoms with E-state index in [-0.39, 0.29) is 5.56 Å². The fraction of sp³-hybridized carbons (Fsp3) is 0.200. The van der Waals surface area contributed by atoms with Crippen LogP contribution in [0.4, 0.5) is 13.2 Å². The zero-order chi connectivity index (χ0) is 12.2. The molecule has 16 heavy (non-hydrogen) atoms. The van der Waals surface area contributed by atoms with E-state index in [0.29, 0.717) is 0 Å². The predicted molar refractivity (Wildman–Crippen MR) is 48.7 cm³/mol. The van der Waals surface area contributed by atoms with Gasteiger partial charge in [-0.2, -0.15) is 13.2 Å². The van der Waals surface area contributed by atoms with Crippen LogP contribution >= 0.6 is 0 Å². The van der Waals surface area contributed by atoms with Crippen molar-refractivity contribution in [2.75, 3.05) is 6.54 Å². The molecular weight excluding hydrogens is 223 g/mol. The maximum absolute atomic E-state index is 11.8. The minimum atomic E-state index is -4.97. The van der Waals surface area contributed by atoms with Gasteiger partial charge in [0, 0.05) is 5.56 Å². The van der Waals surface area contributed by atoms with Crippen LogP contribution in [0.15, 0.2) is 24.3 Å². The van der Waals surface area contributed by atoms with Gasteiger partial charge >= 0.3 is 12.1 Å². The van der Waals surface area contributed by atoms with Crippen molar-refractivity contribution in [3.63, 3.8) is 0 Å². The molecule has 0 saturated carbocycles. The number of halogens is 3. The van der Waals surface area contributed by atoms with Gasteiger partial charge < -0.3 is 5.32 Å². The van der Waals surface area contributed by atoms with E-state index in [9.17, 15) is 22.8 Å². The molecule has 0 spiro atoms. The highest BCUT2D eigenvalue weighted by Gasteiger charge is 2.38. The second-order valence-corrected chi connectivity index (χ2v) is 2.89. The van der Waals surface area contributed by atoms with Crippen LogP contribution in [-0.4, -0.2) is 24.4 Å². The van der Waals surface area contributed by atoms with Crippen LogP contribution in [0.1, 0.15) is 10.4 Å². The van der Waals surface area contributed by atoms with E-state index in [0.717, 1.165) is 0 Å². The first kappa shape index (κ1) is 12.2. The summed E-state index contributed by atoms with van der Waals surface area (Å²) >= 11 is 0. The van der Waals surface area contributed by atoms with Crippen LogP contribution in [0.2, 0.25) is 0 Å². The number of benzene rings is 1. The summed E-state index contributed by atoms with van der Waals surface area (Å²) < 4.78 is 35.3. The molecule has 3 nitrogen and oxygen atoms in total. The van der Waals surface area contributed by atoms with Gasteiger partial charge in [0.15, 0.2) is 5.78 Å². The molecule has 1 aromatic carbocycles. The summed E-state index contributed by atoms with van der Waals surface area (Å²) in [7, 11) is 0. The summed E-state index contributed by atoms with van der Waals surface area (Å²) in [6, 6.07) is 8.38. The molecule has 1 radical (unpaired) electrons. The Morgan fingerprint density at radius 2 is 1.81 bits per heavy atom. The van der Waals surface area contributed by atoms with Crippen molar-refractivity contribution in [1.82, 2.24) is 5.32 Å². The highest BCUT2D eigenvalue weighted by molar-refractivity contribution is 5.99. The van der Waals surface area contributed by atoms with E-state index in [2.05, 4.69) is 6.07 Å². The van der Waals surface area contributed by atoms with E-state index in [4.69, 9.17) is 0 Å². The first-order valence-corrected chi connectivity index (χ1v) is 4.25. The molecule has 0 atom stereocenters. The molecular formula is C10H7F3NO2. The lowest BCUT2D eigenvalue weighted by molar-refractivity contribution is -0.173. The third kappa shape index (κ3) is 3.38. The number of hydrogen-bond donors (Lipinski definition) is 1. The molecule has 6 heteroatoms. The first-order chi connectivity index (χ1) is 7.41. The topological polar surface area (TPSA) is 46.2 Å². The smallest absolute Gasteiger partial charge is 0.341 e. The quantitative estimate of drug-likeness (QED) is 0.796. The Morgan fingerprint density at radius 3 is 2.31 bits per heavy atom. The number of rotatable bonds is 3. The molecule has 0 aliphatic rings. The summed E-state index contributed by atoms with van der Waals surface area (Å²) in [5.74, 6) is -2.71. The molecule has 0 aliphatic carbocycles. The third-order valence-electron chi connectivity index (χ3n) is 1.71. The number of alkyl halides is 3. The highest BCUT2D eigenvalue weighted by atomic mass is 19.4. The van der Waals surface area contributed by atoms with Crippen LogP contribution in [0.25, 0.3) is 0 Å². The molecule has 1 aromatic rings. The lowest BCUT2D eigenvalue weighted by atomic mass is 10.1. The zero-order valence-corrected chi connectivity index (χ0v) is 7.97. The van der Waals surface area contributed by atoms with Crippen molar-refractivity contribution >= 4 is 11.7 Å². The Kier molecular flexibility index (Phi) is 3.65. The minimum absolute atomic E-state index is 0.223. The van der Waals surface area contributed by atoms with Crippen molar-refractivity contribution in [2.24, 2.45) is 0 Å². The number of amides is 1. The van der Waals surface area contributed by atoms with Crippen molar-refractivity contribution in [3.8, 4) is 0 Å². The van der Waals surface area contributed by atoms with Gasteiger partial charge in [-0.1, -0.05) is 24.3 Å². The molecule has 0 bridgehead atoms. The maximum atomic E-state index is 11.8. The lowest BCUT2D eigenvalue weighted by Crippen LogP contribution is -2.39. The standard InChI is InChI=1S/C10H7F3NO2/c11-10(12,13)9(16)14-6-8(15)7-4-2-1-3-5-7/h2-5H,6H2,(H,14,16). The number of nitrogens with one attached hydrogen (secondary N) is 1. The van der Waals surface area contributed by atoms with E-state index in [1.165, 1.54) is 29.6 Å². The Hall–Kier alpha value is -1.85. The van der Waals surface area contributed by atoms with Crippen molar-refractivity contribution in [3.05, 3.63) is 35.9 Å². The third-order valence-corrected chi connectivity index (χ3v) is 1.71. The minimum Gasteiger partial charge on any atom is -0.341 e. The zero-order valence-electron chi connectivity index (χ0n) is 7.97. The van der Waals surface area contributed by atoms with Gasteiger partial charge in [0.1, 0.15) is 0 Å². The van der Waals surface area contributed by atoms with Gasteiger partial charge in [0.2, 0.25) is 0 Å². The van der Waals surface area contributed by atoms with Gasteiger partial charge in [-0.15, -0.1) is 0 Å². The maximum Gasteiger partial charge on any atom is 0.471 e. The predicted octanol–water partition coefficient (Wildman–Crippen LogP) is 1.35. The SMILES string of the molecule is O=C(CNC(=O)C(F)(F)F)c1cc[c]cc1. The lowest BCUT2D eigenvalue weighted by Gasteiger charge is -2.06. The molecule has 0 saturated heterocycles. The molecule has 0 aliphatic heterocycles. The summed E-state index contributed by atoms with van der Waals surface area (Å²) in [5.41, 5.74) is 0.223. The van der Waals surface area contributed by atoms with Gasteiger partial charge in [-0.3, -0.25) is 9.59 Å². The Labute approximate surface area is 89.3 Å². The van der Waals surface area contributed by atoms with Crippen LogP contribution in [0, 0.1) is 6.07 Å². The van der Waals surface area contributed by atoms with Gasteiger partial charge in [0.05, 0.1) is 6.54 Å². The number of Topliss-reactive ketones (excluding diaryl/α,β-unsaturated/α-hetero) is 1. The van der Waals surface area contributed by atoms with E-state index >= 15 is 0 Å². The number of hydrogen-bond acceptors (Lipinski definition) is 2. The van der Waals surface area contributed by atoms with Crippen LogP contribution in [0.3, 0.4) is 0 Å². The number of carbonyl (C=O) groups is 2. The van der Waals surface area contributed by atoms with Crippen LogP contribution < -0.4 is 5.32 Å². The molecule has 85 valence electrons. The van der Waals surface area contributed by atoms with Crippen molar-refractivity contribution < 1.29 is 22.8 Å².